The topological polar surface area (TPSA) is 31.2 Å². The molecule has 0 saturated heterocycles. The van der Waals surface area contributed by atoms with E-state index in [1.165, 1.54) is 30.3 Å². The molecule has 28 heavy (non-hydrogen) atoms. The first-order valence-electron chi connectivity index (χ1n) is 9.41. The first-order chi connectivity index (χ1) is 13.6. The predicted molar refractivity (Wildman–Crippen MR) is 103 cm³/mol. The Balaban J connectivity index is 1.81. The molecule has 1 saturated carbocycles. The summed E-state index contributed by atoms with van der Waals surface area (Å²) >= 11 is 0. The zero-order valence-corrected chi connectivity index (χ0v) is 15.3. The highest BCUT2D eigenvalue weighted by Gasteiger charge is 2.31. The van der Waals surface area contributed by atoms with Gasteiger partial charge in [0.05, 0.1) is 12.6 Å². The van der Waals surface area contributed by atoms with Gasteiger partial charge in [-0.15, -0.1) is 0 Å². The number of benzene rings is 2. The summed E-state index contributed by atoms with van der Waals surface area (Å²) in [5.41, 5.74) is 1.34. The van der Waals surface area contributed by atoms with E-state index in [1.807, 2.05) is 0 Å². The van der Waals surface area contributed by atoms with Crippen LogP contribution in [0.2, 0.25) is 0 Å². The molecule has 2 atom stereocenters. The van der Waals surface area contributed by atoms with Crippen molar-refractivity contribution in [1.29, 1.82) is 0 Å². The Hall–Kier alpha value is -2.79. The number of ether oxygens (including phenoxy) is 1. The van der Waals surface area contributed by atoms with Gasteiger partial charge >= 0.3 is 0 Å². The van der Waals surface area contributed by atoms with E-state index in [0.717, 1.165) is 24.0 Å². The highest BCUT2D eigenvalue weighted by Crippen LogP contribution is 2.38. The maximum absolute atomic E-state index is 13.5. The minimum atomic E-state index is -0.508. The van der Waals surface area contributed by atoms with E-state index in [9.17, 15) is 13.6 Å². The van der Waals surface area contributed by atoms with Crippen molar-refractivity contribution in [3.8, 4) is 0 Å². The van der Waals surface area contributed by atoms with Crippen molar-refractivity contribution in [2.24, 2.45) is 5.92 Å². The van der Waals surface area contributed by atoms with Gasteiger partial charge in [-0.25, -0.2) is 8.78 Å². The normalized spacial score (nSPS) is 15.9. The summed E-state index contributed by atoms with van der Waals surface area (Å²) in [6.45, 7) is 0.571. The molecule has 1 aliphatic carbocycles. The van der Waals surface area contributed by atoms with Crippen molar-refractivity contribution in [1.82, 2.24) is 4.57 Å². The molecule has 1 aliphatic rings. The molecule has 3 aromatic rings. The van der Waals surface area contributed by atoms with E-state index in [2.05, 4.69) is 0 Å². The third kappa shape index (κ3) is 4.20. The van der Waals surface area contributed by atoms with Crippen LogP contribution in [0.1, 0.15) is 36.1 Å². The van der Waals surface area contributed by atoms with Crippen LogP contribution >= 0.6 is 0 Å². The molecule has 0 bridgehead atoms. The van der Waals surface area contributed by atoms with Crippen LogP contribution in [-0.2, 0) is 4.74 Å². The summed E-state index contributed by atoms with van der Waals surface area (Å²) < 4.78 is 34.9. The molecule has 0 unspecified atom stereocenters. The van der Waals surface area contributed by atoms with Crippen LogP contribution in [0.4, 0.5) is 8.78 Å². The van der Waals surface area contributed by atoms with Crippen LogP contribution in [0.5, 0.6) is 0 Å². The van der Waals surface area contributed by atoms with E-state index in [-0.39, 0.29) is 17.2 Å². The molecule has 0 radical (unpaired) electrons. The summed E-state index contributed by atoms with van der Waals surface area (Å²) in [7, 11) is 0. The predicted octanol–water partition coefficient (Wildman–Crippen LogP) is 4.88. The number of rotatable bonds is 7. The van der Waals surface area contributed by atoms with Crippen molar-refractivity contribution in [3.05, 3.63) is 106 Å². The van der Waals surface area contributed by atoms with Crippen molar-refractivity contribution in [3.63, 3.8) is 0 Å². The molecule has 0 aliphatic heterocycles. The number of halogens is 2. The van der Waals surface area contributed by atoms with Gasteiger partial charge in [-0.3, -0.25) is 4.79 Å². The number of hydrogen-bond acceptors (Lipinski definition) is 2. The Kier molecular flexibility index (Phi) is 5.35. The van der Waals surface area contributed by atoms with Crippen LogP contribution in [0.25, 0.3) is 0 Å². The quantitative estimate of drug-likeness (QED) is 0.584. The van der Waals surface area contributed by atoms with Crippen LogP contribution in [0, 0.1) is 17.6 Å². The van der Waals surface area contributed by atoms with Crippen LogP contribution in [-0.4, -0.2) is 11.2 Å². The third-order valence-corrected chi connectivity index (χ3v) is 5.06. The molecule has 2 aromatic carbocycles. The van der Waals surface area contributed by atoms with Gasteiger partial charge in [-0.1, -0.05) is 30.3 Å². The first kappa shape index (κ1) is 18.6. The fourth-order valence-corrected chi connectivity index (χ4v) is 3.36. The second kappa shape index (κ2) is 8.07. The van der Waals surface area contributed by atoms with E-state index in [4.69, 9.17) is 4.74 Å². The maximum atomic E-state index is 13.5. The van der Waals surface area contributed by atoms with Gasteiger partial charge in [0.15, 0.2) is 0 Å². The summed E-state index contributed by atoms with van der Waals surface area (Å²) in [5.74, 6) is -0.163. The zero-order valence-electron chi connectivity index (χ0n) is 15.3. The summed E-state index contributed by atoms with van der Waals surface area (Å²) in [6.07, 6.45) is 3.45. The largest absolute Gasteiger partial charge is 0.371 e. The standard InChI is InChI=1S/C23H21F2NO2/c24-19-10-6-17(7-11-19)22(26-14-2-1-3-21(26)27)23(28-15-16-4-5-16)18-8-12-20(25)13-9-18/h1-3,6-14,16,22-23H,4-5,15H2/t22-,23+/m1/s1. The van der Waals surface area contributed by atoms with Crippen LogP contribution in [0.15, 0.2) is 77.7 Å². The SMILES string of the molecule is O=c1ccccn1[C@H](c1ccc(F)cc1)[C@@H](OCC1CC1)c1ccc(F)cc1. The van der Waals surface area contributed by atoms with Crippen LogP contribution < -0.4 is 5.56 Å². The Morgan fingerprint density at radius 2 is 1.50 bits per heavy atom. The molecule has 4 rings (SSSR count). The molecule has 0 N–H and O–H groups in total. The van der Waals surface area contributed by atoms with Gasteiger partial charge in [0.25, 0.3) is 5.56 Å². The average molecular weight is 381 g/mol. The van der Waals surface area contributed by atoms with Gasteiger partial charge in [0, 0.05) is 12.3 Å². The third-order valence-electron chi connectivity index (χ3n) is 5.06. The minimum absolute atomic E-state index is 0.182. The molecule has 3 nitrogen and oxygen atoms in total. The first-order valence-corrected chi connectivity index (χ1v) is 9.41. The lowest BCUT2D eigenvalue weighted by atomic mass is 9.95. The van der Waals surface area contributed by atoms with Crippen molar-refractivity contribution < 1.29 is 13.5 Å². The zero-order chi connectivity index (χ0) is 19.5. The molecule has 1 heterocycles. The minimum Gasteiger partial charge on any atom is -0.371 e. The Morgan fingerprint density at radius 3 is 2.07 bits per heavy atom. The number of hydrogen-bond donors (Lipinski definition) is 0. The number of aromatic nitrogens is 1. The van der Waals surface area contributed by atoms with Gasteiger partial charge in [-0.05, 0) is 60.2 Å². The van der Waals surface area contributed by atoms with E-state index < -0.39 is 12.1 Å². The number of pyridine rings is 1. The van der Waals surface area contributed by atoms with E-state index in [1.54, 1.807) is 47.2 Å². The highest BCUT2D eigenvalue weighted by atomic mass is 19.1. The highest BCUT2D eigenvalue weighted by molar-refractivity contribution is 5.28. The molecule has 5 heteroatoms. The van der Waals surface area contributed by atoms with E-state index >= 15 is 0 Å². The Labute approximate surface area is 162 Å². The molecular formula is C23H21F2NO2. The smallest absolute Gasteiger partial charge is 0.251 e. The van der Waals surface area contributed by atoms with Crippen molar-refractivity contribution in [2.75, 3.05) is 6.61 Å². The summed E-state index contributed by atoms with van der Waals surface area (Å²) in [5, 5.41) is 0. The second-order valence-electron chi connectivity index (χ2n) is 7.19. The van der Waals surface area contributed by atoms with Gasteiger partial charge in [0.2, 0.25) is 0 Å². The van der Waals surface area contributed by atoms with Gasteiger partial charge in [0.1, 0.15) is 17.7 Å². The lowest BCUT2D eigenvalue weighted by Gasteiger charge is -2.30. The van der Waals surface area contributed by atoms with Crippen LogP contribution in [0.3, 0.4) is 0 Å². The Bertz CT molecular complexity index is 978. The molecule has 1 fully saturated rings. The average Bonchev–Trinajstić information content (AvgIpc) is 3.52. The fraction of sp³-hybridized carbons (Fsp3) is 0.261. The van der Waals surface area contributed by atoms with Crippen molar-refractivity contribution in [2.45, 2.75) is 25.0 Å². The van der Waals surface area contributed by atoms with Gasteiger partial charge in [-0.2, -0.15) is 0 Å². The monoisotopic (exact) mass is 381 g/mol. The van der Waals surface area contributed by atoms with Crippen molar-refractivity contribution >= 4 is 0 Å². The second-order valence-corrected chi connectivity index (χ2v) is 7.19. The summed E-state index contributed by atoms with van der Waals surface area (Å²) in [6, 6.07) is 16.6. The number of nitrogens with zero attached hydrogens (tertiary/aromatic N) is 1. The van der Waals surface area contributed by atoms with Gasteiger partial charge < -0.3 is 9.30 Å². The molecule has 0 spiro atoms. The van der Waals surface area contributed by atoms with E-state index in [0.29, 0.717) is 12.5 Å². The molecular weight excluding hydrogens is 360 g/mol. The summed E-state index contributed by atoms with van der Waals surface area (Å²) in [4.78, 5) is 12.6. The Morgan fingerprint density at radius 1 is 0.893 bits per heavy atom. The maximum Gasteiger partial charge on any atom is 0.251 e. The fourth-order valence-electron chi connectivity index (χ4n) is 3.36. The molecule has 0 amide bonds. The molecule has 1 aromatic heterocycles. The molecule has 144 valence electrons. The lowest BCUT2D eigenvalue weighted by molar-refractivity contribution is 0.0182. The lowest BCUT2D eigenvalue weighted by Crippen LogP contribution is -2.30.